The van der Waals surface area contributed by atoms with Gasteiger partial charge in [0, 0.05) is 26.3 Å². The van der Waals surface area contributed by atoms with E-state index in [0.717, 1.165) is 11.1 Å². The molecule has 0 saturated carbocycles. The number of ether oxygens (including phenoxy) is 2. The van der Waals surface area contributed by atoms with E-state index in [0.29, 0.717) is 36.1 Å². The van der Waals surface area contributed by atoms with E-state index in [1.54, 1.807) is 42.3 Å². The van der Waals surface area contributed by atoms with Gasteiger partial charge in [-0.25, -0.2) is 8.42 Å². The van der Waals surface area contributed by atoms with Crippen LogP contribution in [0.1, 0.15) is 11.1 Å². The first-order chi connectivity index (χ1) is 15.8. The van der Waals surface area contributed by atoms with E-state index in [-0.39, 0.29) is 18.2 Å². The second-order valence-corrected chi connectivity index (χ2v) is 9.52. The maximum absolute atomic E-state index is 13.0. The van der Waals surface area contributed by atoms with E-state index in [1.807, 2.05) is 48.5 Å². The van der Waals surface area contributed by atoms with E-state index in [9.17, 15) is 13.2 Å². The van der Waals surface area contributed by atoms with Crippen LogP contribution >= 0.6 is 0 Å². The van der Waals surface area contributed by atoms with Crippen LogP contribution in [-0.2, 0) is 28.0 Å². The van der Waals surface area contributed by atoms with Crippen molar-refractivity contribution in [3.63, 3.8) is 0 Å². The van der Waals surface area contributed by atoms with Gasteiger partial charge in [-0.3, -0.25) is 4.79 Å². The van der Waals surface area contributed by atoms with E-state index in [1.165, 1.54) is 0 Å². The molecule has 2 aliphatic rings. The van der Waals surface area contributed by atoms with Crippen LogP contribution < -0.4 is 9.47 Å². The molecule has 2 aromatic rings. The fourth-order valence-corrected chi connectivity index (χ4v) is 4.53. The summed E-state index contributed by atoms with van der Waals surface area (Å²) in [7, 11) is -0.132. The molecule has 0 spiro atoms. The minimum atomic E-state index is -3.43. The average molecular weight is 468 g/mol. The normalized spacial score (nSPS) is 16.4. The summed E-state index contributed by atoms with van der Waals surface area (Å²) in [5.41, 5.74) is 2.41. The molecular weight excluding hydrogens is 442 g/mol. The minimum Gasteiger partial charge on any atom is -0.493 e. The lowest BCUT2D eigenvalue weighted by atomic mass is 10.1. The Balaban J connectivity index is 1.42. The smallest absolute Gasteiger partial charge is 0.256 e. The van der Waals surface area contributed by atoms with E-state index < -0.39 is 10.0 Å². The van der Waals surface area contributed by atoms with Crippen molar-refractivity contribution in [3.05, 3.63) is 83.6 Å². The molecular formula is C24H25N3O5S. The Morgan fingerprint density at radius 2 is 1.88 bits per heavy atom. The first-order valence-electron chi connectivity index (χ1n) is 10.4. The number of rotatable bonds is 7. The number of nitrogens with zero attached hydrogens (tertiary/aromatic N) is 3. The zero-order valence-electron chi connectivity index (χ0n) is 18.5. The zero-order valence-corrected chi connectivity index (χ0v) is 19.3. The van der Waals surface area contributed by atoms with Gasteiger partial charge in [0.25, 0.3) is 15.9 Å². The molecule has 0 aliphatic carbocycles. The van der Waals surface area contributed by atoms with Crippen molar-refractivity contribution in [3.8, 4) is 11.5 Å². The number of fused-ring (bicyclic) bond motifs is 1. The first-order valence-corrected chi connectivity index (χ1v) is 12.0. The standard InChI is InChI=1S/C24H25N3O5S/c1-26(24(28)20-9-11-23-25-33(29,30)13-12-27(23)16-20)15-19-8-10-21(22(14-19)31-2)32-17-18-6-4-3-5-7-18/h3-11,14,16H,12-13,15,17H2,1-2H3. The maximum atomic E-state index is 13.0. The molecule has 172 valence electrons. The van der Waals surface area contributed by atoms with Crippen molar-refractivity contribution in [1.82, 2.24) is 9.80 Å². The summed E-state index contributed by atoms with van der Waals surface area (Å²) >= 11 is 0. The summed E-state index contributed by atoms with van der Waals surface area (Å²) in [5.74, 6) is 1.30. The van der Waals surface area contributed by atoms with E-state index in [2.05, 4.69) is 4.40 Å². The second-order valence-electron chi connectivity index (χ2n) is 7.77. The lowest BCUT2D eigenvalue weighted by Crippen LogP contribution is -2.38. The number of amides is 1. The fraction of sp³-hybridized carbons (Fsp3) is 0.250. The van der Waals surface area contributed by atoms with Crippen molar-refractivity contribution in [2.24, 2.45) is 4.40 Å². The number of benzene rings is 2. The minimum absolute atomic E-state index is 0.0728. The Kier molecular flexibility index (Phi) is 6.50. The third-order valence-corrected chi connectivity index (χ3v) is 6.47. The third-order valence-electron chi connectivity index (χ3n) is 5.30. The molecule has 9 heteroatoms. The summed E-state index contributed by atoms with van der Waals surface area (Å²) in [4.78, 5) is 16.2. The number of carbonyl (C=O) groups is 1. The first kappa shape index (κ1) is 22.6. The van der Waals surface area contributed by atoms with Gasteiger partial charge in [-0.2, -0.15) is 0 Å². The fourth-order valence-electron chi connectivity index (χ4n) is 3.56. The van der Waals surface area contributed by atoms with Crippen LogP contribution in [0.2, 0.25) is 0 Å². The molecule has 8 nitrogen and oxygen atoms in total. The number of likely N-dealkylation sites (N-methyl/N-ethyl adjacent to an activating group) is 1. The molecule has 0 aromatic heterocycles. The van der Waals surface area contributed by atoms with Crippen LogP contribution in [-0.4, -0.2) is 56.4 Å². The van der Waals surface area contributed by atoms with Gasteiger partial charge in [-0.15, -0.1) is 4.40 Å². The highest BCUT2D eigenvalue weighted by molar-refractivity contribution is 7.90. The van der Waals surface area contributed by atoms with Crippen molar-refractivity contribution < 1.29 is 22.7 Å². The Morgan fingerprint density at radius 1 is 1.09 bits per heavy atom. The third kappa shape index (κ3) is 5.43. The van der Waals surface area contributed by atoms with Crippen molar-refractivity contribution >= 4 is 21.8 Å². The predicted molar refractivity (Wildman–Crippen MR) is 125 cm³/mol. The topological polar surface area (TPSA) is 88.5 Å². The van der Waals surface area contributed by atoms with Crippen LogP contribution in [0.3, 0.4) is 0 Å². The van der Waals surface area contributed by atoms with Gasteiger partial charge in [0.05, 0.1) is 18.4 Å². The lowest BCUT2D eigenvalue weighted by Gasteiger charge is -2.28. The van der Waals surface area contributed by atoms with E-state index in [4.69, 9.17) is 9.47 Å². The number of sulfonamides is 1. The van der Waals surface area contributed by atoms with Crippen LogP contribution in [0.4, 0.5) is 0 Å². The highest BCUT2D eigenvalue weighted by Gasteiger charge is 2.26. The number of carbonyl (C=O) groups excluding carboxylic acids is 1. The SMILES string of the molecule is COc1cc(CN(C)C(=O)C2=CN3CCS(=O)(=O)N=C3C=C2)ccc1OCc1ccccc1. The monoisotopic (exact) mass is 467 g/mol. The van der Waals surface area contributed by atoms with Gasteiger partial charge in [0.15, 0.2) is 11.5 Å². The molecule has 33 heavy (non-hydrogen) atoms. The summed E-state index contributed by atoms with van der Waals surface area (Å²) in [6, 6.07) is 15.5. The summed E-state index contributed by atoms with van der Waals surface area (Å²) in [5, 5.41) is 0. The largest absolute Gasteiger partial charge is 0.493 e. The molecule has 0 bridgehead atoms. The maximum Gasteiger partial charge on any atom is 0.256 e. The quantitative estimate of drug-likeness (QED) is 0.622. The van der Waals surface area contributed by atoms with E-state index >= 15 is 0 Å². The summed E-state index contributed by atoms with van der Waals surface area (Å²) in [6.07, 6.45) is 4.79. The van der Waals surface area contributed by atoms with Crippen molar-refractivity contribution in [1.29, 1.82) is 0 Å². The molecule has 0 radical (unpaired) electrons. The second kappa shape index (κ2) is 9.50. The van der Waals surface area contributed by atoms with Crippen molar-refractivity contribution in [2.75, 3.05) is 26.5 Å². The molecule has 2 heterocycles. The lowest BCUT2D eigenvalue weighted by molar-refractivity contribution is -0.126. The number of hydrogen-bond acceptors (Lipinski definition) is 6. The van der Waals surface area contributed by atoms with Crippen LogP contribution in [0.5, 0.6) is 11.5 Å². The van der Waals surface area contributed by atoms with Gasteiger partial charge in [-0.05, 0) is 35.4 Å². The zero-order chi connectivity index (χ0) is 23.4. The predicted octanol–water partition coefficient (Wildman–Crippen LogP) is 2.73. The molecule has 0 fully saturated rings. The Morgan fingerprint density at radius 3 is 2.64 bits per heavy atom. The molecule has 2 aliphatic heterocycles. The molecule has 2 aromatic carbocycles. The van der Waals surface area contributed by atoms with Crippen LogP contribution in [0.15, 0.2) is 76.9 Å². The molecule has 1 amide bonds. The van der Waals surface area contributed by atoms with Gasteiger partial charge in [0.1, 0.15) is 12.4 Å². The molecule has 0 N–H and O–H groups in total. The van der Waals surface area contributed by atoms with Gasteiger partial charge >= 0.3 is 0 Å². The van der Waals surface area contributed by atoms with Gasteiger partial charge in [-0.1, -0.05) is 36.4 Å². The van der Waals surface area contributed by atoms with Crippen molar-refractivity contribution in [2.45, 2.75) is 13.2 Å². The summed E-state index contributed by atoms with van der Waals surface area (Å²) < 4.78 is 38.4. The Bertz CT molecular complexity index is 1240. The molecule has 0 saturated heterocycles. The number of amidine groups is 1. The highest BCUT2D eigenvalue weighted by Crippen LogP contribution is 2.29. The Hall–Kier alpha value is -3.59. The number of hydrogen-bond donors (Lipinski definition) is 0. The van der Waals surface area contributed by atoms with Crippen LogP contribution in [0.25, 0.3) is 0 Å². The molecule has 0 unspecified atom stereocenters. The average Bonchev–Trinajstić information content (AvgIpc) is 2.82. The number of methoxy groups -OCH3 is 1. The van der Waals surface area contributed by atoms with Crippen LogP contribution in [0, 0.1) is 0 Å². The Labute approximate surface area is 193 Å². The molecule has 0 atom stereocenters. The van der Waals surface area contributed by atoms with Gasteiger partial charge < -0.3 is 19.3 Å². The van der Waals surface area contributed by atoms with Gasteiger partial charge in [0.2, 0.25) is 0 Å². The molecule has 4 rings (SSSR count). The summed E-state index contributed by atoms with van der Waals surface area (Å²) in [6.45, 7) is 1.07. The highest BCUT2D eigenvalue weighted by atomic mass is 32.2.